The third-order valence-electron chi connectivity index (χ3n) is 2.92. The van der Waals surface area contributed by atoms with Gasteiger partial charge < -0.3 is 11.1 Å². The smallest absolute Gasteiger partial charge is 0.0488 e. The molecule has 1 aliphatic rings. The summed E-state index contributed by atoms with van der Waals surface area (Å²) in [6.07, 6.45) is 3.93. The van der Waals surface area contributed by atoms with Crippen molar-refractivity contribution >= 4 is 27.3 Å². The van der Waals surface area contributed by atoms with Crippen LogP contribution in [0, 0.1) is 5.92 Å². The second-order valence-corrected chi connectivity index (χ2v) is 5.13. The summed E-state index contributed by atoms with van der Waals surface area (Å²) in [5.74, 6) is 0.874. The first-order chi connectivity index (χ1) is 7.20. The van der Waals surface area contributed by atoms with E-state index in [2.05, 4.69) is 28.2 Å². The van der Waals surface area contributed by atoms with Gasteiger partial charge in [-0.15, -0.1) is 0 Å². The zero-order chi connectivity index (χ0) is 10.8. The van der Waals surface area contributed by atoms with Crippen LogP contribution in [0.25, 0.3) is 0 Å². The largest absolute Gasteiger partial charge is 0.399 e. The van der Waals surface area contributed by atoms with Crippen LogP contribution < -0.4 is 11.1 Å². The molecule has 0 spiro atoms. The van der Waals surface area contributed by atoms with Crippen LogP contribution in [-0.4, -0.2) is 6.04 Å². The van der Waals surface area contributed by atoms with Crippen molar-refractivity contribution in [1.82, 2.24) is 0 Å². The molecular formula is C12H17BrN2. The molecule has 0 aromatic heterocycles. The third kappa shape index (κ3) is 2.65. The minimum atomic E-state index is 0.671. The molecule has 0 bridgehead atoms. The van der Waals surface area contributed by atoms with Crippen molar-refractivity contribution in [3.63, 3.8) is 0 Å². The van der Waals surface area contributed by atoms with Crippen LogP contribution in [-0.2, 0) is 0 Å². The molecular weight excluding hydrogens is 252 g/mol. The van der Waals surface area contributed by atoms with Crippen molar-refractivity contribution in [1.29, 1.82) is 0 Å². The minimum Gasteiger partial charge on any atom is -0.399 e. The highest BCUT2D eigenvalue weighted by Gasteiger charge is 2.35. The van der Waals surface area contributed by atoms with Crippen molar-refractivity contribution in [3.05, 3.63) is 22.7 Å². The number of benzene rings is 1. The Hall–Kier alpha value is -0.700. The second kappa shape index (κ2) is 4.44. The third-order valence-corrected chi connectivity index (χ3v) is 3.57. The van der Waals surface area contributed by atoms with Gasteiger partial charge in [0.05, 0.1) is 0 Å². The Bertz CT molecular complexity index is 351. The maximum absolute atomic E-state index is 5.69. The molecule has 2 unspecified atom stereocenters. The van der Waals surface area contributed by atoms with E-state index in [-0.39, 0.29) is 0 Å². The van der Waals surface area contributed by atoms with Gasteiger partial charge in [0.2, 0.25) is 0 Å². The van der Waals surface area contributed by atoms with E-state index in [4.69, 9.17) is 5.73 Å². The highest BCUT2D eigenvalue weighted by molar-refractivity contribution is 9.10. The summed E-state index contributed by atoms with van der Waals surface area (Å²) >= 11 is 3.52. The molecule has 3 heteroatoms. The fraction of sp³-hybridized carbons (Fsp3) is 0.500. The van der Waals surface area contributed by atoms with Crippen LogP contribution in [0.4, 0.5) is 11.4 Å². The number of rotatable bonds is 4. The number of halogens is 1. The van der Waals surface area contributed by atoms with Crippen LogP contribution in [0.15, 0.2) is 22.7 Å². The first-order valence-corrected chi connectivity index (χ1v) is 6.31. The lowest BCUT2D eigenvalue weighted by Gasteiger charge is -2.08. The molecule has 1 saturated carbocycles. The SMILES string of the molecule is CCCC1CC1Nc1ccc(N)cc1Br. The average Bonchev–Trinajstić information content (AvgIpc) is 2.90. The van der Waals surface area contributed by atoms with Gasteiger partial charge in [0, 0.05) is 21.9 Å². The summed E-state index contributed by atoms with van der Waals surface area (Å²) in [5.41, 5.74) is 7.65. The molecule has 0 heterocycles. The van der Waals surface area contributed by atoms with Crippen molar-refractivity contribution in [3.8, 4) is 0 Å². The standard InChI is InChI=1S/C12H17BrN2/c1-2-3-8-6-12(8)15-11-5-4-9(14)7-10(11)13/h4-5,7-8,12,15H,2-3,6,14H2,1H3. The Balaban J connectivity index is 1.95. The molecule has 2 nitrogen and oxygen atoms in total. The van der Waals surface area contributed by atoms with Gasteiger partial charge in [0.1, 0.15) is 0 Å². The van der Waals surface area contributed by atoms with Crippen LogP contribution >= 0.6 is 15.9 Å². The fourth-order valence-electron chi connectivity index (χ4n) is 1.96. The van der Waals surface area contributed by atoms with E-state index in [1.807, 2.05) is 18.2 Å². The predicted octanol–water partition coefficient (Wildman–Crippen LogP) is 3.63. The van der Waals surface area contributed by atoms with Crippen LogP contribution in [0.2, 0.25) is 0 Å². The predicted molar refractivity (Wildman–Crippen MR) is 69.0 cm³/mol. The van der Waals surface area contributed by atoms with E-state index in [1.54, 1.807) is 0 Å². The Morgan fingerprint density at radius 2 is 2.33 bits per heavy atom. The molecule has 82 valence electrons. The van der Waals surface area contributed by atoms with Gasteiger partial charge in [-0.1, -0.05) is 13.3 Å². The number of nitrogen functional groups attached to an aromatic ring is 1. The van der Waals surface area contributed by atoms with E-state index in [9.17, 15) is 0 Å². The van der Waals surface area contributed by atoms with Crippen LogP contribution in [0.1, 0.15) is 26.2 Å². The monoisotopic (exact) mass is 268 g/mol. The topological polar surface area (TPSA) is 38.0 Å². The molecule has 1 fully saturated rings. The Kier molecular flexibility index (Phi) is 3.19. The normalized spacial score (nSPS) is 23.9. The summed E-state index contributed by atoms with van der Waals surface area (Å²) in [6, 6.07) is 6.59. The number of nitrogens with two attached hydrogens (primary N) is 1. The van der Waals surface area contributed by atoms with Gasteiger partial charge in [-0.2, -0.15) is 0 Å². The second-order valence-electron chi connectivity index (χ2n) is 4.27. The lowest BCUT2D eigenvalue weighted by Crippen LogP contribution is -2.05. The van der Waals surface area contributed by atoms with Gasteiger partial charge >= 0.3 is 0 Å². The maximum atomic E-state index is 5.69. The first-order valence-electron chi connectivity index (χ1n) is 5.52. The summed E-state index contributed by atoms with van der Waals surface area (Å²) in [5, 5.41) is 3.54. The van der Waals surface area contributed by atoms with E-state index >= 15 is 0 Å². The number of hydrogen-bond acceptors (Lipinski definition) is 2. The molecule has 1 aromatic rings. The summed E-state index contributed by atoms with van der Waals surface area (Å²) in [7, 11) is 0. The lowest BCUT2D eigenvalue weighted by atomic mass is 10.2. The summed E-state index contributed by atoms with van der Waals surface area (Å²) in [4.78, 5) is 0. The first kappa shape index (κ1) is 10.8. The molecule has 3 N–H and O–H groups in total. The molecule has 0 saturated heterocycles. The molecule has 2 atom stereocenters. The van der Waals surface area contributed by atoms with Gasteiger partial charge in [0.25, 0.3) is 0 Å². The molecule has 15 heavy (non-hydrogen) atoms. The molecule has 0 amide bonds. The Labute approximate surface area is 99.4 Å². The molecule has 2 rings (SSSR count). The zero-order valence-electron chi connectivity index (χ0n) is 8.96. The van der Waals surface area contributed by atoms with Gasteiger partial charge in [0.15, 0.2) is 0 Å². The van der Waals surface area contributed by atoms with Crippen molar-refractivity contribution in [2.24, 2.45) is 5.92 Å². The van der Waals surface area contributed by atoms with E-state index in [0.717, 1.165) is 21.8 Å². The van der Waals surface area contributed by atoms with Gasteiger partial charge in [-0.25, -0.2) is 0 Å². The average molecular weight is 269 g/mol. The molecule has 1 aromatic carbocycles. The molecule has 0 radical (unpaired) electrons. The minimum absolute atomic E-state index is 0.671. The van der Waals surface area contributed by atoms with Crippen molar-refractivity contribution in [2.45, 2.75) is 32.2 Å². The van der Waals surface area contributed by atoms with Crippen molar-refractivity contribution < 1.29 is 0 Å². The van der Waals surface area contributed by atoms with Crippen LogP contribution in [0.3, 0.4) is 0 Å². The van der Waals surface area contributed by atoms with Gasteiger partial charge in [-0.05, 0) is 52.9 Å². The number of hydrogen-bond donors (Lipinski definition) is 2. The lowest BCUT2D eigenvalue weighted by molar-refractivity contribution is 0.693. The Morgan fingerprint density at radius 3 is 3.00 bits per heavy atom. The number of anilines is 2. The zero-order valence-corrected chi connectivity index (χ0v) is 10.5. The highest BCUT2D eigenvalue weighted by atomic mass is 79.9. The maximum Gasteiger partial charge on any atom is 0.0488 e. The summed E-state index contributed by atoms with van der Waals surface area (Å²) < 4.78 is 1.06. The van der Waals surface area contributed by atoms with E-state index < -0.39 is 0 Å². The van der Waals surface area contributed by atoms with Crippen LogP contribution in [0.5, 0.6) is 0 Å². The number of nitrogens with one attached hydrogen (secondary N) is 1. The Morgan fingerprint density at radius 1 is 1.53 bits per heavy atom. The molecule has 1 aliphatic carbocycles. The van der Waals surface area contributed by atoms with Gasteiger partial charge in [-0.3, -0.25) is 0 Å². The van der Waals surface area contributed by atoms with Crippen molar-refractivity contribution in [2.75, 3.05) is 11.1 Å². The quantitative estimate of drug-likeness (QED) is 0.819. The fourth-order valence-corrected chi connectivity index (χ4v) is 2.47. The van der Waals surface area contributed by atoms with E-state index in [1.165, 1.54) is 19.3 Å². The highest BCUT2D eigenvalue weighted by Crippen LogP contribution is 2.38. The molecule has 0 aliphatic heterocycles. The van der Waals surface area contributed by atoms with E-state index in [0.29, 0.717) is 6.04 Å². The summed E-state index contributed by atoms with van der Waals surface area (Å²) in [6.45, 7) is 2.24.